The van der Waals surface area contributed by atoms with Gasteiger partial charge in [0.05, 0.1) is 13.2 Å². The molecule has 0 aromatic carbocycles. The molecular weight excluding hydrogens is 356 g/mol. The summed E-state index contributed by atoms with van der Waals surface area (Å²) in [6, 6.07) is 0. The van der Waals surface area contributed by atoms with Crippen LogP contribution in [0.1, 0.15) is 40.0 Å². The molecule has 1 aliphatic carbocycles. The second-order valence-electron chi connectivity index (χ2n) is 7.99. The molecule has 1 fully saturated rings. The summed E-state index contributed by atoms with van der Waals surface area (Å²) in [5, 5.41) is 39.1. The van der Waals surface area contributed by atoms with E-state index in [0.29, 0.717) is 12.8 Å². The van der Waals surface area contributed by atoms with E-state index in [1.54, 1.807) is 6.08 Å². The van der Waals surface area contributed by atoms with Gasteiger partial charge < -0.3 is 34.7 Å². The summed E-state index contributed by atoms with van der Waals surface area (Å²) in [6.45, 7) is 4.78. The lowest BCUT2D eigenvalue weighted by atomic mass is 9.65. The molecule has 0 saturated carbocycles. The Morgan fingerprint density at radius 3 is 2.56 bits per heavy atom. The molecule has 8 heteroatoms. The van der Waals surface area contributed by atoms with Gasteiger partial charge in [0, 0.05) is 18.3 Å². The Labute approximate surface area is 158 Å². The maximum absolute atomic E-state index is 12.1. The number of allylic oxidation sites excluding steroid dienone is 2. The summed E-state index contributed by atoms with van der Waals surface area (Å²) in [5.74, 6) is -0.0210. The van der Waals surface area contributed by atoms with Crippen molar-refractivity contribution in [3.05, 3.63) is 11.6 Å². The van der Waals surface area contributed by atoms with E-state index in [-0.39, 0.29) is 30.5 Å². The fourth-order valence-electron chi connectivity index (χ4n) is 4.03. The fraction of sp³-hybridized carbons (Fsp3) is 0.789. The van der Waals surface area contributed by atoms with Gasteiger partial charge in [-0.05, 0) is 32.3 Å². The minimum Gasteiger partial charge on any atom is -0.394 e. The number of rotatable bonds is 7. The van der Waals surface area contributed by atoms with Gasteiger partial charge in [-0.3, -0.25) is 4.79 Å². The number of carbonyl (C=O) groups excluding carboxylic acids is 2. The van der Waals surface area contributed by atoms with Crippen LogP contribution in [0.3, 0.4) is 0 Å². The van der Waals surface area contributed by atoms with Crippen molar-refractivity contribution < 1.29 is 39.5 Å². The van der Waals surface area contributed by atoms with Gasteiger partial charge in [0.2, 0.25) is 0 Å². The molecule has 0 aromatic rings. The highest BCUT2D eigenvalue weighted by Crippen LogP contribution is 2.43. The molecule has 8 nitrogen and oxygen atoms in total. The molecule has 0 aromatic heterocycles. The van der Waals surface area contributed by atoms with Crippen molar-refractivity contribution >= 4 is 11.6 Å². The highest BCUT2D eigenvalue weighted by Gasteiger charge is 2.46. The molecule has 7 atom stereocenters. The third-order valence-electron chi connectivity index (χ3n) is 5.57. The van der Waals surface area contributed by atoms with Gasteiger partial charge in [0.25, 0.3) is 0 Å². The van der Waals surface area contributed by atoms with Crippen LogP contribution < -0.4 is 0 Å². The third kappa shape index (κ3) is 5.01. The fourth-order valence-corrected chi connectivity index (χ4v) is 4.03. The van der Waals surface area contributed by atoms with Crippen LogP contribution in [0.4, 0.5) is 0 Å². The number of hydrogen-bond acceptors (Lipinski definition) is 8. The van der Waals surface area contributed by atoms with E-state index in [4.69, 9.17) is 9.47 Å². The lowest BCUT2D eigenvalue weighted by Gasteiger charge is -2.44. The summed E-state index contributed by atoms with van der Waals surface area (Å²) >= 11 is 0. The van der Waals surface area contributed by atoms with Crippen LogP contribution in [0.5, 0.6) is 0 Å². The summed E-state index contributed by atoms with van der Waals surface area (Å²) in [4.78, 5) is 23.5. The van der Waals surface area contributed by atoms with Crippen LogP contribution in [0.25, 0.3) is 0 Å². The van der Waals surface area contributed by atoms with E-state index >= 15 is 0 Å². The van der Waals surface area contributed by atoms with Crippen LogP contribution >= 0.6 is 0 Å². The first-order valence-electron chi connectivity index (χ1n) is 9.21. The van der Waals surface area contributed by atoms with Crippen molar-refractivity contribution in [3.63, 3.8) is 0 Å². The van der Waals surface area contributed by atoms with Crippen LogP contribution in [0.2, 0.25) is 0 Å². The van der Waals surface area contributed by atoms with Crippen LogP contribution in [0, 0.1) is 11.3 Å². The molecule has 0 amide bonds. The van der Waals surface area contributed by atoms with E-state index < -0.39 is 42.7 Å². The number of Topliss-reactive ketones (excluding diaryl/α,β-unsaturated/α-hetero) is 1. The first-order valence-corrected chi connectivity index (χ1v) is 9.21. The van der Waals surface area contributed by atoms with Crippen molar-refractivity contribution in [2.75, 3.05) is 13.2 Å². The van der Waals surface area contributed by atoms with E-state index in [0.717, 1.165) is 5.57 Å². The number of hydrogen-bond donors (Lipinski definition) is 4. The minimum absolute atomic E-state index is 0.0357. The van der Waals surface area contributed by atoms with Gasteiger partial charge in [-0.15, -0.1) is 0 Å². The van der Waals surface area contributed by atoms with Crippen molar-refractivity contribution in [1.82, 2.24) is 0 Å². The normalized spacial score (nSPS) is 40.0. The Morgan fingerprint density at radius 2 is 1.96 bits per heavy atom. The van der Waals surface area contributed by atoms with Gasteiger partial charge >= 0.3 is 0 Å². The second-order valence-corrected chi connectivity index (χ2v) is 7.99. The molecule has 0 radical (unpaired) electrons. The summed E-state index contributed by atoms with van der Waals surface area (Å²) in [5.41, 5.74) is 0.275. The monoisotopic (exact) mass is 386 g/mol. The van der Waals surface area contributed by atoms with E-state index in [1.165, 1.54) is 6.92 Å². The summed E-state index contributed by atoms with van der Waals surface area (Å²) in [6.07, 6.45) is -3.96. The largest absolute Gasteiger partial charge is 0.394 e. The van der Waals surface area contributed by atoms with Gasteiger partial charge in [0.15, 0.2) is 12.1 Å². The lowest BCUT2D eigenvalue weighted by Crippen LogP contribution is -2.59. The maximum Gasteiger partial charge on any atom is 0.186 e. The quantitative estimate of drug-likeness (QED) is 0.469. The second kappa shape index (κ2) is 8.89. The zero-order valence-corrected chi connectivity index (χ0v) is 16.0. The Morgan fingerprint density at radius 1 is 1.30 bits per heavy atom. The Kier molecular flexibility index (Phi) is 7.29. The maximum atomic E-state index is 12.1. The van der Waals surface area contributed by atoms with Crippen LogP contribution in [-0.4, -0.2) is 75.9 Å². The number of carbonyl (C=O) groups is 2. The van der Waals surface area contributed by atoms with E-state index in [2.05, 4.69) is 0 Å². The molecule has 2 rings (SSSR count). The molecular formula is C19H30O8. The number of aliphatic hydroxyl groups excluding tert-OH is 4. The van der Waals surface area contributed by atoms with Crippen molar-refractivity contribution in [2.45, 2.75) is 70.7 Å². The average molecular weight is 386 g/mol. The third-order valence-corrected chi connectivity index (χ3v) is 5.57. The van der Waals surface area contributed by atoms with Crippen LogP contribution in [0.15, 0.2) is 11.6 Å². The van der Waals surface area contributed by atoms with Crippen molar-refractivity contribution in [2.24, 2.45) is 11.3 Å². The summed E-state index contributed by atoms with van der Waals surface area (Å²) < 4.78 is 11.1. The first-order chi connectivity index (χ1) is 12.6. The molecule has 27 heavy (non-hydrogen) atoms. The SMILES string of the molecule is CC(=O)CC[C@H]1C(C)=CC(=O)C[C@@]1(C)CO[C@H]1O[C@H](CO)[C@@H](O)[C@H](O)[C@H]1O. The zero-order chi connectivity index (χ0) is 20.4. The van der Waals surface area contributed by atoms with E-state index in [9.17, 15) is 30.0 Å². The molecule has 154 valence electrons. The molecule has 2 aliphatic rings. The average Bonchev–Trinajstić information content (AvgIpc) is 2.58. The molecule has 0 spiro atoms. The topological polar surface area (TPSA) is 134 Å². The highest BCUT2D eigenvalue weighted by molar-refractivity contribution is 5.92. The Bertz CT molecular complexity index is 586. The lowest BCUT2D eigenvalue weighted by molar-refractivity contribution is -0.306. The molecule has 1 aliphatic heterocycles. The Balaban J connectivity index is 2.11. The number of ether oxygens (including phenoxy) is 2. The molecule has 1 heterocycles. The van der Waals surface area contributed by atoms with Crippen molar-refractivity contribution in [3.8, 4) is 0 Å². The van der Waals surface area contributed by atoms with Gasteiger partial charge in [-0.25, -0.2) is 0 Å². The Hall–Kier alpha value is -1.16. The van der Waals surface area contributed by atoms with Gasteiger partial charge in [-0.2, -0.15) is 0 Å². The van der Waals surface area contributed by atoms with E-state index in [1.807, 2.05) is 13.8 Å². The smallest absolute Gasteiger partial charge is 0.186 e. The molecule has 1 saturated heterocycles. The van der Waals surface area contributed by atoms with Crippen molar-refractivity contribution in [1.29, 1.82) is 0 Å². The molecule has 4 N–H and O–H groups in total. The molecule has 0 unspecified atom stereocenters. The predicted molar refractivity (Wildman–Crippen MR) is 94.6 cm³/mol. The summed E-state index contributed by atoms with van der Waals surface area (Å²) in [7, 11) is 0. The van der Waals surface area contributed by atoms with Gasteiger partial charge in [-0.1, -0.05) is 12.5 Å². The number of aliphatic hydroxyl groups is 4. The zero-order valence-electron chi connectivity index (χ0n) is 16.0. The molecule has 0 bridgehead atoms. The number of ketones is 2. The first kappa shape index (κ1) is 22.1. The highest BCUT2D eigenvalue weighted by atomic mass is 16.7. The standard InChI is InChI=1S/C19H30O8/c1-10-6-12(22)7-19(3,13(10)5-4-11(2)21)9-26-18-17(25)16(24)15(23)14(8-20)27-18/h6,13-18,20,23-25H,4-5,7-9H2,1-3H3/t13-,14+,15+,16-,17+,18-,19-/m0/s1. The predicted octanol–water partition coefficient (Wildman–Crippen LogP) is -0.286. The van der Waals surface area contributed by atoms with Gasteiger partial charge in [0.1, 0.15) is 30.2 Å². The minimum atomic E-state index is -1.52. The van der Waals surface area contributed by atoms with Crippen LogP contribution in [-0.2, 0) is 19.1 Å².